The molecule has 82 valence electrons. The zero-order valence-corrected chi connectivity index (χ0v) is 9.71. The van der Waals surface area contributed by atoms with Gasteiger partial charge in [0.1, 0.15) is 0 Å². The molecule has 0 bridgehead atoms. The third kappa shape index (κ3) is 2.11. The molecule has 0 N–H and O–H groups in total. The van der Waals surface area contributed by atoms with Crippen molar-refractivity contribution in [3.63, 3.8) is 0 Å². The van der Waals surface area contributed by atoms with Crippen molar-refractivity contribution in [3.8, 4) is 0 Å². The molecular formula is C16H18. The Bertz CT molecular complexity index is 428. The van der Waals surface area contributed by atoms with Crippen LogP contribution in [0.4, 0.5) is 0 Å². The summed E-state index contributed by atoms with van der Waals surface area (Å²) in [4.78, 5) is 0. The van der Waals surface area contributed by atoms with E-state index in [-0.39, 0.29) is 0 Å². The lowest BCUT2D eigenvalue weighted by Crippen LogP contribution is -2.03. The molecule has 0 aromatic heterocycles. The van der Waals surface area contributed by atoms with Gasteiger partial charge in [-0.05, 0) is 49.7 Å². The van der Waals surface area contributed by atoms with Crippen LogP contribution in [0.2, 0.25) is 0 Å². The van der Waals surface area contributed by atoms with Crippen molar-refractivity contribution in [2.75, 3.05) is 0 Å². The molecule has 2 aliphatic rings. The average Bonchev–Trinajstić information content (AvgIpc) is 3.08. The van der Waals surface area contributed by atoms with Gasteiger partial charge in [-0.2, -0.15) is 0 Å². The molecule has 0 spiro atoms. The molecule has 0 heteroatoms. The summed E-state index contributed by atoms with van der Waals surface area (Å²) in [5, 5.41) is 0. The second-order valence-corrected chi connectivity index (χ2v) is 4.85. The van der Waals surface area contributed by atoms with E-state index in [2.05, 4.69) is 36.4 Å². The lowest BCUT2D eigenvalue weighted by atomic mass is 9.81. The van der Waals surface area contributed by atoms with Crippen molar-refractivity contribution in [2.24, 2.45) is 0 Å². The summed E-state index contributed by atoms with van der Waals surface area (Å²) in [7, 11) is 0. The summed E-state index contributed by atoms with van der Waals surface area (Å²) in [5.74, 6) is 0. The first-order chi connectivity index (χ1) is 7.93. The number of hydrogen-bond donors (Lipinski definition) is 0. The molecule has 1 aromatic rings. The van der Waals surface area contributed by atoms with Gasteiger partial charge in [-0.15, -0.1) is 0 Å². The number of benzene rings is 1. The molecular weight excluding hydrogens is 192 g/mol. The first-order valence-electron chi connectivity index (χ1n) is 6.38. The molecule has 0 heterocycles. The summed E-state index contributed by atoms with van der Waals surface area (Å²) in [6, 6.07) is 10.9. The number of rotatable bonds is 4. The standard InChI is InChI=1S/C16H18/c1-2-6-14(7-3-1)16-12-11-15(16)8-4-5-13-9-10-13/h1-3,5-7H,4,8-12H2. The van der Waals surface area contributed by atoms with Crippen LogP contribution in [0.3, 0.4) is 0 Å². The predicted molar refractivity (Wildman–Crippen MR) is 69.1 cm³/mol. The minimum atomic E-state index is 1.26. The maximum Gasteiger partial charge on any atom is -0.0225 e. The number of hydrogen-bond acceptors (Lipinski definition) is 0. The second-order valence-electron chi connectivity index (χ2n) is 4.85. The Morgan fingerprint density at radius 3 is 2.38 bits per heavy atom. The van der Waals surface area contributed by atoms with Crippen LogP contribution in [-0.4, -0.2) is 0 Å². The average molecular weight is 210 g/mol. The molecule has 1 saturated carbocycles. The van der Waals surface area contributed by atoms with Crippen LogP contribution in [-0.2, 0) is 0 Å². The highest BCUT2D eigenvalue weighted by molar-refractivity contribution is 5.73. The van der Waals surface area contributed by atoms with Crippen LogP contribution in [0, 0.1) is 0 Å². The normalized spacial score (nSPS) is 18.4. The van der Waals surface area contributed by atoms with Crippen LogP contribution in [0.25, 0.3) is 5.57 Å². The molecule has 0 aliphatic heterocycles. The highest BCUT2D eigenvalue weighted by Crippen LogP contribution is 2.39. The monoisotopic (exact) mass is 210 g/mol. The Balaban J connectivity index is 1.68. The molecule has 16 heavy (non-hydrogen) atoms. The van der Waals surface area contributed by atoms with Crippen LogP contribution in [0.1, 0.15) is 44.1 Å². The van der Waals surface area contributed by atoms with E-state index in [4.69, 9.17) is 0 Å². The molecule has 0 nitrogen and oxygen atoms in total. The summed E-state index contributed by atoms with van der Waals surface area (Å²) < 4.78 is 0. The van der Waals surface area contributed by atoms with Crippen molar-refractivity contribution < 1.29 is 0 Å². The fraction of sp³-hybridized carbons (Fsp3) is 0.375. The van der Waals surface area contributed by atoms with Crippen LogP contribution in [0.15, 0.2) is 47.6 Å². The van der Waals surface area contributed by atoms with Crippen molar-refractivity contribution in [3.05, 3.63) is 53.1 Å². The van der Waals surface area contributed by atoms with Crippen molar-refractivity contribution in [2.45, 2.75) is 38.5 Å². The van der Waals surface area contributed by atoms with E-state index in [1.165, 1.54) is 44.1 Å². The van der Waals surface area contributed by atoms with E-state index in [0.717, 1.165) is 0 Å². The fourth-order valence-corrected chi connectivity index (χ4v) is 2.42. The Morgan fingerprint density at radius 2 is 1.75 bits per heavy atom. The van der Waals surface area contributed by atoms with E-state index in [9.17, 15) is 0 Å². The minimum Gasteiger partial charge on any atom is -0.0850 e. The molecule has 0 radical (unpaired) electrons. The quantitative estimate of drug-likeness (QED) is 0.630. The van der Waals surface area contributed by atoms with E-state index in [1.54, 1.807) is 16.7 Å². The molecule has 1 fully saturated rings. The maximum absolute atomic E-state index is 2.45. The molecule has 0 atom stereocenters. The first-order valence-corrected chi connectivity index (χ1v) is 6.38. The Hall–Kier alpha value is -1.30. The van der Waals surface area contributed by atoms with E-state index >= 15 is 0 Å². The van der Waals surface area contributed by atoms with Gasteiger partial charge in [0.15, 0.2) is 0 Å². The molecule has 0 unspecified atom stereocenters. The minimum absolute atomic E-state index is 1.26. The van der Waals surface area contributed by atoms with Gasteiger partial charge < -0.3 is 0 Å². The smallest absolute Gasteiger partial charge is 0.0225 e. The van der Waals surface area contributed by atoms with Gasteiger partial charge in [0.25, 0.3) is 0 Å². The lowest BCUT2D eigenvalue weighted by molar-refractivity contribution is 0.806. The largest absolute Gasteiger partial charge is 0.0850 e. The number of allylic oxidation sites excluding steroid dienone is 4. The van der Waals surface area contributed by atoms with Crippen molar-refractivity contribution in [1.82, 2.24) is 0 Å². The SMILES string of the molecule is C(CCC1=C(c2ccccc2)CC1)=C1CC1. The van der Waals surface area contributed by atoms with Crippen LogP contribution < -0.4 is 0 Å². The molecule has 2 aliphatic carbocycles. The molecule has 0 amide bonds. The summed E-state index contributed by atoms with van der Waals surface area (Å²) in [6.07, 6.45) is 10.3. The molecule has 1 aromatic carbocycles. The Morgan fingerprint density at radius 1 is 0.938 bits per heavy atom. The second kappa shape index (κ2) is 4.29. The predicted octanol–water partition coefficient (Wildman–Crippen LogP) is 4.73. The van der Waals surface area contributed by atoms with Gasteiger partial charge in [-0.1, -0.05) is 47.6 Å². The topological polar surface area (TPSA) is 0 Å². The zero-order chi connectivity index (χ0) is 10.8. The Labute approximate surface area is 97.7 Å². The van der Waals surface area contributed by atoms with Crippen molar-refractivity contribution in [1.29, 1.82) is 0 Å². The summed E-state index contributed by atoms with van der Waals surface area (Å²) in [5.41, 5.74) is 6.45. The lowest BCUT2D eigenvalue weighted by Gasteiger charge is -2.24. The summed E-state index contributed by atoms with van der Waals surface area (Å²) >= 11 is 0. The van der Waals surface area contributed by atoms with E-state index in [1.807, 2.05) is 0 Å². The van der Waals surface area contributed by atoms with Crippen LogP contribution >= 0.6 is 0 Å². The van der Waals surface area contributed by atoms with Gasteiger partial charge in [-0.3, -0.25) is 0 Å². The molecule has 0 saturated heterocycles. The van der Waals surface area contributed by atoms with Gasteiger partial charge >= 0.3 is 0 Å². The molecule has 3 rings (SSSR count). The van der Waals surface area contributed by atoms with Crippen LogP contribution in [0.5, 0.6) is 0 Å². The van der Waals surface area contributed by atoms with E-state index in [0.29, 0.717) is 0 Å². The van der Waals surface area contributed by atoms with Gasteiger partial charge in [-0.25, -0.2) is 0 Å². The van der Waals surface area contributed by atoms with Crippen molar-refractivity contribution >= 4 is 5.57 Å². The van der Waals surface area contributed by atoms with E-state index < -0.39 is 0 Å². The third-order valence-corrected chi connectivity index (χ3v) is 3.64. The Kier molecular flexibility index (Phi) is 2.65. The zero-order valence-electron chi connectivity index (χ0n) is 9.71. The fourth-order valence-electron chi connectivity index (χ4n) is 2.42. The highest BCUT2D eigenvalue weighted by atomic mass is 14.2. The first kappa shape index (κ1) is 9.89. The van der Waals surface area contributed by atoms with Gasteiger partial charge in [0.05, 0.1) is 0 Å². The van der Waals surface area contributed by atoms with Gasteiger partial charge in [0.2, 0.25) is 0 Å². The highest BCUT2D eigenvalue weighted by Gasteiger charge is 2.18. The maximum atomic E-state index is 2.45. The third-order valence-electron chi connectivity index (χ3n) is 3.64. The summed E-state index contributed by atoms with van der Waals surface area (Å²) in [6.45, 7) is 0. The van der Waals surface area contributed by atoms with Gasteiger partial charge in [0, 0.05) is 0 Å².